The first-order chi connectivity index (χ1) is 11.6. The number of anilines is 1. The Morgan fingerprint density at radius 1 is 1.17 bits per heavy atom. The molecule has 3 heterocycles. The first kappa shape index (κ1) is 15.0. The van der Waals surface area contributed by atoms with Crippen LogP contribution in [-0.4, -0.2) is 53.1 Å². The van der Waals surface area contributed by atoms with Crippen LogP contribution in [0.25, 0.3) is 10.9 Å². The Morgan fingerprint density at radius 2 is 2.00 bits per heavy atom. The number of piperidine rings is 1. The molecule has 8 heteroatoms. The molecule has 1 unspecified atom stereocenters. The van der Waals surface area contributed by atoms with Gasteiger partial charge in [0.15, 0.2) is 11.6 Å². The van der Waals surface area contributed by atoms with Gasteiger partial charge in [0.2, 0.25) is 0 Å². The molecule has 0 radical (unpaired) electrons. The zero-order valence-electron chi connectivity index (χ0n) is 13.0. The molecule has 0 saturated carbocycles. The Morgan fingerprint density at radius 3 is 2.79 bits per heavy atom. The minimum absolute atomic E-state index is 0.0393. The van der Waals surface area contributed by atoms with Gasteiger partial charge in [-0.05, 0) is 18.9 Å². The van der Waals surface area contributed by atoms with Gasteiger partial charge in [-0.25, -0.2) is 23.5 Å². The second-order valence-corrected chi connectivity index (χ2v) is 6.15. The van der Waals surface area contributed by atoms with Gasteiger partial charge in [0, 0.05) is 37.6 Å². The maximum absolute atomic E-state index is 13.7. The smallest absolute Gasteiger partial charge is 0.317 e. The molecule has 0 spiro atoms. The average Bonchev–Trinajstić information content (AvgIpc) is 3.02. The van der Waals surface area contributed by atoms with Crippen LogP contribution in [-0.2, 0) is 0 Å². The number of benzene rings is 1. The van der Waals surface area contributed by atoms with Crippen LogP contribution in [0.5, 0.6) is 0 Å². The van der Waals surface area contributed by atoms with Crippen LogP contribution < -0.4 is 10.2 Å². The topological polar surface area (TPSA) is 61.4 Å². The van der Waals surface area contributed by atoms with E-state index in [-0.39, 0.29) is 12.1 Å². The molecule has 126 valence electrons. The second kappa shape index (κ2) is 5.85. The van der Waals surface area contributed by atoms with E-state index in [1.807, 2.05) is 9.80 Å². The molecule has 2 aliphatic rings. The van der Waals surface area contributed by atoms with Gasteiger partial charge in [0.1, 0.15) is 12.1 Å². The molecule has 2 aromatic rings. The first-order valence-electron chi connectivity index (χ1n) is 8.02. The first-order valence-corrected chi connectivity index (χ1v) is 8.02. The van der Waals surface area contributed by atoms with Crippen LogP contribution in [0.15, 0.2) is 18.5 Å². The Bertz CT molecular complexity index is 799. The van der Waals surface area contributed by atoms with Crippen LogP contribution >= 0.6 is 0 Å². The molecule has 24 heavy (non-hydrogen) atoms. The number of aromatic nitrogens is 2. The number of carbonyl (C=O) groups is 1. The zero-order chi connectivity index (χ0) is 16.7. The van der Waals surface area contributed by atoms with Crippen molar-refractivity contribution in [2.75, 3.05) is 31.1 Å². The summed E-state index contributed by atoms with van der Waals surface area (Å²) in [4.78, 5) is 24.1. The summed E-state index contributed by atoms with van der Waals surface area (Å²) >= 11 is 0. The number of carbonyl (C=O) groups excluding carboxylic acids is 1. The van der Waals surface area contributed by atoms with Crippen molar-refractivity contribution in [1.82, 2.24) is 20.2 Å². The van der Waals surface area contributed by atoms with Crippen molar-refractivity contribution in [2.45, 2.75) is 18.9 Å². The summed E-state index contributed by atoms with van der Waals surface area (Å²) in [6, 6.07) is 2.29. The van der Waals surface area contributed by atoms with E-state index in [1.54, 1.807) is 0 Å². The molecule has 0 bridgehead atoms. The number of halogens is 2. The monoisotopic (exact) mass is 333 g/mol. The van der Waals surface area contributed by atoms with Crippen molar-refractivity contribution < 1.29 is 13.6 Å². The largest absolute Gasteiger partial charge is 0.354 e. The van der Waals surface area contributed by atoms with Gasteiger partial charge in [-0.2, -0.15) is 0 Å². The third kappa shape index (κ3) is 2.51. The Hall–Kier alpha value is -2.51. The minimum atomic E-state index is -0.919. The van der Waals surface area contributed by atoms with Gasteiger partial charge in [-0.1, -0.05) is 0 Å². The molecule has 2 fully saturated rings. The lowest BCUT2D eigenvalue weighted by Gasteiger charge is -2.37. The number of nitrogens with zero attached hydrogens (tertiary/aromatic N) is 4. The molecule has 2 aliphatic heterocycles. The van der Waals surface area contributed by atoms with Crippen molar-refractivity contribution in [1.29, 1.82) is 0 Å². The van der Waals surface area contributed by atoms with Crippen LogP contribution in [0.1, 0.15) is 12.8 Å². The highest BCUT2D eigenvalue weighted by molar-refractivity contribution is 5.89. The van der Waals surface area contributed by atoms with Crippen molar-refractivity contribution in [3.8, 4) is 0 Å². The molecule has 6 nitrogen and oxygen atoms in total. The van der Waals surface area contributed by atoms with Gasteiger partial charge in [-0.3, -0.25) is 0 Å². The predicted molar refractivity (Wildman–Crippen MR) is 84.8 cm³/mol. The standard InChI is InChI=1S/C16H17F2N5O/c17-12-6-11-14(7-13(12)18)20-9-21-15(11)22-4-1-2-10(8-22)23-5-3-19-16(23)24/h6-7,9-10H,1-5,8H2,(H,19,24). The number of rotatable bonds is 2. The van der Waals surface area contributed by atoms with Crippen molar-refractivity contribution in [3.63, 3.8) is 0 Å². The fraction of sp³-hybridized carbons (Fsp3) is 0.438. The Labute approximate surface area is 137 Å². The maximum Gasteiger partial charge on any atom is 0.317 e. The third-order valence-electron chi connectivity index (χ3n) is 4.68. The predicted octanol–water partition coefficient (Wildman–Crippen LogP) is 1.90. The molecule has 2 saturated heterocycles. The van der Waals surface area contributed by atoms with Gasteiger partial charge in [-0.15, -0.1) is 0 Å². The number of hydrogen-bond acceptors (Lipinski definition) is 4. The van der Waals surface area contributed by atoms with E-state index in [2.05, 4.69) is 15.3 Å². The normalized spacial score (nSPS) is 21.4. The molecule has 2 amide bonds. The van der Waals surface area contributed by atoms with E-state index in [4.69, 9.17) is 0 Å². The SMILES string of the molecule is O=C1NCCN1C1CCCN(c2ncnc3cc(F)c(F)cc23)C1. The van der Waals surface area contributed by atoms with Crippen LogP contribution in [0.2, 0.25) is 0 Å². The number of nitrogens with one attached hydrogen (secondary N) is 1. The summed E-state index contributed by atoms with van der Waals surface area (Å²) in [5.41, 5.74) is 0.375. The number of fused-ring (bicyclic) bond motifs is 1. The zero-order valence-corrected chi connectivity index (χ0v) is 13.0. The van der Waals surface area contributed by atoms with Crippen LogP contribution in [0, 0.1) is 11.6 Å². The highest BCUT2D eigenvalue weighted by atomic mass is 19.2. The van der Waals surface area contributed by atoms with E-state index < -0.39 is 11.6 Å². The summed E-state index contributed by atoms with van der Waals surface area (Å²) in [6.07, 6.45) is 3.20. The van der Waals surface area contributed by atoms with Crippen molar-refractivity contribution in [3.05, 3.63) is 30.1 Å². The van der Waals surface area contributed by atoms with Crippen molar-refractivity contribution >= 4 is 22.8 Å². The summed E-state index contributed by atoms with van der Waals surface area (Å²) in [7, 11) is 0. The lowest BCUT2D eigenvalue weighted by Crippen LogP contribution is -2.49. The molecular weight excluding hydrogens is 316 g/mol. The third-order valence-corrected chi connectivity index (χ3v) is 4.68. The molecule has 1 N–H and O–H groups in total. The van der Waals surface area contributed by atoms with E-state index in [0.717, 1.165) is 31.5 Å². The van der Waals surface area contributed by atoms with E-state index in [9.17, 15) is 13.6 Å². The van der Waals surface area contributed by atoms with Gasteiger partial charge in [0.25, 0.3) is 0 Å². The highest BCUT2D eigenvalue weighted by Gasteiger charge is 2.32. The number of urea groups is 1. The summed E-state index contributed by atoms with van der Waals surface area (Å²) in [5, 5.41) is 3.31. The molecule has 1 atom stereocenters. The van der Waals surface area contributed by atoms with Crippen LogP contribution in [0.3, 0.4) is 0 Å². The summed E-state index contributed by atoms with van der Waals surface area (Å²) in [6.45, 7) is 2.74. The molecule has 0 aliphatic carbocycles. The molecule has 1 aromatic heterocycles. The average molecular weight is 333 g/mol. The van der Waals surface area contributed by atoms with Gasteiger partial charge >= 0.3 is 6.03 Å². The quantitative estimate of drug-likeness (QED) is 0.912. The molecule has 1 aromatic carbocycles. The van der Waals surface area contributed by atoms with E-state index in [0.29, 0.717) is 36.4 Å². The summed E-state index contributed by atoms with van der Waals surface area (Å²) < 4.78 is 27.1. The molecular formula is C16H17F2N5O. The lowest BCUT2D eigenvalue weighted by atomic mass is 10.0. The lowest BCUT2D eigenvalue weighted by molar-refractivity contribution is 0.189. The fourth-order valence-electron chi connectivity index (χ4n) is 3.53. The van der Waals surface area contributed by atoms with E-state index in [1.165, 1.54) is 6.33 Å². The molecule has 4 rings (SSSR count). The summed E-state index contributed by atoms with van der Waals surface area (Å²) in [5.74, 6) is -1.24. The van der Waals surface area contributed by atoms with Gasteiger partial charge < -0.3 is 15.1 Å². The van der Waals surface area contributed by atoms with Crippen molar-refractivity contribution in [2.24, 2.45) is 0 Å². The fourth-order valence-corrected chi connectivity index (χ4v) is 3.53. The Balaban J connectivity index is 1.67. The number of hydrogen-bond donors (Lipinski definition) is 1. The second-order valence-electron chi connectivity index (χ2n) is 6.15. The maximum atomic E-state index is 13.7. The number of amides is 2. The van der Waals surface area contributed by atoms with E-state index >= 15 is 0 Å². The highest BCUT2D eigenvalue weighted by Crippen LogP contribution is 2.28. The Kier molecular flexibility index (Phi) is 3.66. The van der Waals surface area contributed by atoms with Gasteiger partial charge in [0.05, 0.1) is 11.6 Å². The van der Waals surface area contributed by atoms with Crippen LogP contribution in [0.4, 0.5) is 19.4 Å². The minimum Gasteiger partial charge on any atom is -0.354 e.